The van der Waals surface area contributed by atoms with Crippen molar-refractivity contribution < 1.29 is 13.2 Å². The van der Waals surface area contributed by atoms with Gasteiger partial charge in [0.25, 0.3) is 0 Å². The van der Waals surface area contributed by atoms with Crippen molar-refractivity contribution in [1.82, 2.24) is 15.5 Å². The first-order valence-electron chi connectivity index (χ1n) is 8.80. The molecule has 1 aromatic carbocycles. The molecule has 0 radical (unpaired) electrons. The molecule has 1 aromatic rings. The molecule has 1 aliphatic heterocycles. The van der Waals surface area contributed by atoms with Crippen LogP contribution >= 0.6 is 0 Å². The van der Waals surface area contributed by atoms with Gasteiger partial charge in [0.15, 0.2) is 5.96 Å². The Balaban J connectivity index is 1.47. The van der Waals surface area contributed by atoms with Crippen molar-refractivity contribution >= 4 is 5.96 Å². The lowest BCUT2D eigenvalue weighted by atomic mass is 10.1. The molecular formula is C18H25F3N4. The fourth-order valence-corrected chi connectivity index (χ4v) is 3.66. The van der Waals surface area contributed by atoms with Gasteiger partial charge in [-0.15, -0.1) is 0 Å². The van der Waals surface area contributed by atoms with E-state index in [0.717, 1.165) is 6.42 Å². The normalized spacial score (nSPS) is 21.4. The zero-order valence-electron chi connectivity index (χ0n) is 14.5. The van der Waals surface area contributed by atoms with Gasteiger partial charge >= 0.3 is 6.18 Å². The highest BCUT2D eigenvalue weighted by Crippen LogP contribution is 2.23. The summed E-state index contributed by atoms with van der Waals surface area (Å²) in [5.41, 5.74) is 4.08. The number of guanidine groups is 1. The molecule has 0 saturated carbocycles. The Morgan fingerprint density at radius 3 is 2.84 bits per heavy atom. The van der Waals surface area contributed by atoms with Crippen LogP contribution in [0.25, 0.3) is 0 Å². The third-order valence-corrected chi connectivity index (χ3v) is 4.86. The van der Waals surface area contributed by atoms with Gasteiger partial charge in [0.1, 0.15) is 0 Å². The molecule has 1 heterocycles. The maximum atomic E-state index is 12.5. The summed E-state index contributed by atoms with van der Waals surface area (Å²) in [7, 11) is 1.68. The minimum absolute atomic E-state index is 0.00595. The number of hydrogen-bond acceptors (Lipinski definition) is 2. The average molecular weight is 354 g/mol. The molecule has 7 heteroatoms. The van der Waals surface area contributed by atoms with Crippen LogP contribution in [0.15, 0.2) is 23.2 Å². The molecule has 0 amide bonds. The van der Waals surface area contributed by atoms with Crippen LogP contribution in [0.2, 0.25) is 0 Å². The van der Waals surface area contributed by atoms with Gasteiger partial charge in [-0.2, -0.15) is 13.2 Å². The smallest absolute Gasteiger partial charge is 0.352 e. The molecule has 1 saturated heterocycles. The predicted octanol–water partition coefficient (Wildman–Crippen LogP) is 2.48. The topological polar surface area (TPSA) is 39.7 Å². The Kier molecular flexibility index (Phi) is 5.51. The number of hydrogen-bond donors (Lipinski definition) is 2. The molecule has 138 valence electrons. The van der Waals surface area contributed by atoms with Crippen LogP contribution in [0.4, 0.5) is 13.2 Å². The van der Waals surface area contributed by atoms with Crippen molar-refractivity contribution in [3.63, 3.8) is 0 Å². The van der Waals surface area contributed by atoms with E-state index in [0.29, 0.717) is 32.0 Å². The van der Waals surface area contributed by atoms with E-state index in [4.69, 9.17) is 0 Å². The van der Waals surface area contributed by atoms with Crippen molar-refractivity contribution in [2.45, 2.75) is 44.4 Å². The quantitative estimate of drug-likeness (QED) is 0.645. The van der Waals surface area contributed by atoms with Crippen molar-refractivity contribution in [2.75, 3.05) is 26.7 Å². The van der Waals surface area contributed by atoms with Gasteiger partial charge in [-0.3, -0.25) is 9.89 Å². The van der Waals surface area contributed by atoms with Gasteiger partial charge in [0, 0.05) is 32.7 Å². The summed E-state index contributed by atoms with van der Waals surface area (Å²) in [5.74, 6) is 0.638. The van der Waals surface area contributed by atoms with Crippen molar-refractivity contribution in [3.8, 4) is 0 Å². The van der Waals surface area contributed by atoms with Gasteiger partial charge in [0.2, 0.25) is 0 Å². The molecule has 1 unspecified atom stereocenters. The highest BCUT2D eigenvalue weighted by Gasteiger charge is 2.34. The van der Waals surface area contributed by atoms with E-state index in [1.807, 2.05) is 0 Å². The third kappa shape index (κ3) is 5.11. The number of fused-ring (bicyclic) bond motifs is 1. The summed E-state index contributed by atoms with van der Waals surface area (Å²) in [6, 6.07) is 6.56. The average Bonchev–Trinajstić information content (AvgIpc) is 3.18. The first kappa shape index (κ1) is 18.0. The Morgan fingerprint density at radius 1 is 1.28 bits per heavy atom. The number of aryl methyl sites for hydroxylation is 2. The summed E-state index contributed by atoms with van der Waals surface area (Å²) < 4.78 is 37.4. The number of likely N-dealkylation sites (tertiary alicyclic amines) is 1. The summed E-state index contributed by atoms with van der Waals surface area (Å²) in [5, 5.41) is 6.50. The number of nitrogens with zero attached hydrogens (tertiary/aromatic N) is 2. The second-order valence-electron chi connectivity index (χ2n) is 6.86. The van der Waals surface area contributed by atoms with Crippen molar-refractivity contribution in [3.05, 3.63) is 34.9 Å². The highest BCUT2D eigenvalue weighted by atomic mass is 19.4. The number of alkyl halides is 3. The van der Waals surface area contributed by atoms with Gasteiger partial charge < -0.3 is 10.6 Å². The summed E-state index contributed by atoms with van der Waals surface area (Å²) in [6.45, 7) is 0.663. The molecule has 0 bridgehead atoms. The van der Waals surface area contributed by atoms with Crippen LogP contribution in [0.3, 0.4) is 0 Å². The molecule has 2 aliphatic rings. The molecule has 25 heavy (non-hydrogen) atoms. The first-order valence-corrected chi connectivity index (χ1v) is 8.80. The van der Waals surface area contributed by atoms with Gasteiger partial charge in [-0.1, -0.05) is 18.2 Å². The molecule has 1 aliphatic carbocycles. The lowest BCUT2D eigenvalue weighted by Crippen LogP contribution is -2.44. The van der Waals surface area contributed by atoms with E-state index in [1.54, 1.807) is 7.05 Å². The number of rotatable bonds is 4. The van der Waals surface area contributed by atoms with Crippen LogP contribution in [0.1, 0.15) is 29.5 Å². The van der Waals surface area contributed by atoms with Crippen LogP contribution in [0, 0.1) is 0 Å². The number of halogens is 3. The van der Waals surface area contributed by atoms with Gasteiger partial charge in [0.05, 0.1) is 6.54 Å². The van der Waals surface area contributed by atoms with E-state index >= 15 is 0 Å². The SMILES string of the molecule is CN=C(NCc1ccc2c(c1)CCC2)NC1CCN(CC(F)(F)F)C1. The van der Waals surface area contributed by atoms with Crippen LogP contribution in [-0.4, -0.2) is 49.8 Å². The van der Waals surface area contributed by atoms with Crippen molar-refractivity contribution in [2.24, 2.45) is 4.99 Å². The molecule has 4 nitrogen and oxygen atoms in total. The van der Waals surface area contributed by atoms with Gasteiger partial charge in [-0.05, 0) is 42.4 Å². The summed E-state index contributed by atoms with van der Waals surface area (Å²) in [4.78, 5) is 5.63. The minimum atomic E-state index is -4.14. The molecular weight excluding hydrogens is 329 g/mol. The molecule has 2 N–H and O–H groups in total. The standard InChI is InChI=1S/C18H25F3N4/c1-22-17(24-16-7-8-25(11-16)12-18(19,20)21)23-10-13-5-6-14-3-2-4-15(14)9-13/h5-6,9,16H,2-4,7-8,10-12H2,1H3,(H2,22,23,24). The van der Waals surface area contributed by atoms with Crippen LogP contribution in [0.5, 0.6) is 0 Å². The number of nitrogens with one attached hydrogen (secondary N) is 2. The zero-order chi connectivity index (χ0) is 17.9. The first-order chi connectivity index (χ1) is 11.9. The molecule has 0 spiro atoms. The summed E-state index contributed by atoms with van der Waals surface area (Å²) in [6.07, 6.45) is 0.0964. The zero-order valence-corrected chi connectivity index (χ0v) is 14.5. The Morgan fingerprint density at radius 2 is 2.08 bits per heavy atom. The summed E-state index contributed by atoms with van der Waals surface area (Å²) >= 11 is 0. The lowest BCUT2D eigenvalue weighted by molar-refractivity contribution is -0.143. The fourth-order valence-electron chi connectivity index (χ4n) is 3.66. The van der Waals surface area contributed by atoms with E-state index in [9.17, 15) is 13.2 Å². The number of benzene rings is 1. The van der Waals surface area contributed by atoms with E-state index in [2.05, 4.69) is 33.8 Å². The Labute approximate surface area is 146 Å². The van der Waals surface area contributed by atoms with Gasteiger partial charge in [-0.25, -0.2) is 0 Å². The van der Waals surface area contributed by atoms with Crippen LogP contribution < -0.4 is 10.6 Å². The second-order valence-corrected chi connectivity index (χ2v) is 6.86. The lowest BCUT2D eigenvalue weighted by Gasteiger charge is -2.20. The number of aliphatic imine (C=N–C) groups is 1. The van der Waals surface area contributed by atoms with E-state index in [-0.39, 0.29) is 6.04 Å². The molecule has 1 fully saturated rings. The molecule has 1 atom stereocenters. The monoisotopic (exact) mass is 354 g/mol. The third-order valence-electron chi connectivity index (χ3n) is 4.86. The maximum absolute atomic E-state index is 12.5. The Hall–Kier alpha value is -1.76. The molecule has 3 rings (SSSR count). The largest absolute Gasteiger partial charge is 0.401 e. The molecule has 0 aromatic heterocycles. The Bertz CT molecular complexity index is 627. The maximum Gasteiger partial charge on any atom is 0.401 e. The second kappa shape index (κ2) is 7.64. The van der Waals surface area contributed by atoms with Crippen LogP contribution in [-0.2, 0) is 19.4 Å². The van der Waals surface area contributed by atoms with E-state index in [1.165, 1.54) is 34.4 Å². The predicted molar refractivity (Wildman–Crippen MR) is 92.7 cm³/mol. The van der Waals surface area contributed by atoms with E-state index < -0.39 is 12.7 Å². The minimum Gasteiger partial charge on any atom is -0.352 e. The fraction of sp³-hybridized carbons (Fsp3) is 0.611. The van der Waals surface area contributed by atoms with Crippen molar-refractivity contribution in [1.29, 1.82) is 0 Å². The highest BCUT2D eigenvalue weighted by molar-refractivity contribution is 5.80.